The molecule has 5 aliphatic heterocycles. The predicted molar refractivity (Wildman–Crippen MR) is 286 cm³/mol. The number of carbonyl (C=O) groups is 1. The van der Waals surface area contributed by atoms with Crippen LogP contribution >= 0.6 is 0 Å². The van der Waals surface area contributed by atoms with E-state index in [9.17, 15) is 89.7 Å². The summed E-state index contributed by atoms with van der Waals surface area (Å²) in [6.45, 7) is 9.93. The number of rotatable bonds is 20. The van der Waals surface area contributed by atoms with Crippen LogP contribution in [0.1, 0.15) is 93.4 Å². The molecule has 33 nitrogen and oxygen atoms in total. The Morgan fingerprint density at radius 1 is 0.584 bits per heavy atom. The number of allylic oxidation sites excluding steroid dienone is 2. The Labute approximate surface area is 514 Å². The molecule has 0 bridgehead atoms. The molecule has 9 N–H and O–H groups in total. The van der Waals surface area contributed by atoms with Gasteiger partial charge in [-0.25, -0.2) is 25.3 Å². The fourth-order valence-electron chi connectivity index (χ4n) is 16.0. The number of Topliss-reactive ketones (excluding diaryl/α,β-unsaturated/α-hetero) is 1. The summed E-state index contributed by atoms with van der Waals surface area (Å²) in [6, 6.07) is 0. The van der Waals surface area contributed by atoms with Gasteiger partial charge in [-0.1, -0.05) is 46.3 Å². The van der Waals surface area contributed by atoms with E-state index in [2.05, 4.69) is 35.2 Å². The first-order valence-electron chi connectivity index (χ1n) is 29.4. The number of ether oxygens (including phenoxy) is 11. The van der Waals surface area contributed by atoms with Crippen LogP contribution < -0.4 is 0 Å². The van der Waals surface area contributed by atoms with E-state index in [1.807, 2.05) is 13.8 Å². The molecule has 514 valence electrons. The topological polar surface area (TPSA) is 500 Å². The summed E-state index contributed by atoms with van der Waals surface area (Å²) in [5.74, 6) is 0.335. The Bertz CT molecular complexity index is 2870. The Morgan fingerprint density at radius 3 is 1.72 bits per heavy atom. The molecular weight excluding hydrogens is 1260 g/mol. The van der Waals surface area contributed by atoms with Gasteiger partial charge >= 0.3 is 0 Å². The highest BCUT2D eigenvalue weighted by molar-refractivity contribution is 7.81. The highest BCUT2D eigenvalue weighted by atomic mass is 32.3. The zero-order valence-corrected chi connectivity index (χ0v) is 52.4. The molecule has 3 saturated carbocycles. The molecular formula is C53H83O33S3-3. The van der Waals surface area contributed by atoms with E-state index in [4.69, 9.17) is 56.3 Å². The number of carbonyl (C=O) groups excluding carboxylic acids is 1. The highest BCUT2D eigenvalue weighted by Gasteiger charge is 2.67. The lowest BCUT2D eigenvalue weighted by atomic mass is 9.41. The second kappa shape index (κ2) is 26.7. The molecule has 0 aromatic rings. The van der Waals surface area contributed by atoms with Crippen molar-refractivity contribution in [3.63, 3.8) is 0 Å². The Hall–Kier alpha value is -1.78. The Morgan fingerprint density at radius 2 is 1.13 bits per heavy atom. The van der Waals surface area contributed by atoms with Gasteiger partial charge < -0.3 is 112 Å². The summed E-state index contributed by atoms with van der Waals surface area (Å²) < 4.78 is 184. The quantitative estimate of drug-likeness (QED) is 0.0319. The van der Waals surface area contributed by atoms with E-state index in [-0.39, 0.29) is 39.8 Å². The summed E-state index contributed by atoms with van der Waals surface area (Å²) in [7, 11) is -15.5. The second-order valence-corrected chi connectivity index (χ2v) is 29.3. The number of ketones is 1. The van der Waals surface area contributed by atoms with Crippen molar-refractivity contribution >= 4 is 37.0 Å². The van der Waals surface area contributed by atoms with Crippen LogP contribution in [-0.2, 0) is 101 Å². The first kappa shape index (κ1) is 71.5. The van der Waals surface area contributed by atoms with E-state index in [0.717, 1.165) is 32.8 Å². The molecule has 0 aromatic carbocycles. The normalized spacial score (nSPS) is 48.8. The van der Waals surface area contributed by atoms with Crippen molar-refractivity contribution in [3.05, 3.63) is 11.6 Å². The molecule has 5 heterocycles. The standard InChI is InChI=1S/C53H86O33S3/c1-21(54)23-11-15-53(7)25-9-10-30-50(3,4)31(13-14-51(30,5)24(25)12-16-52(23,53)6)81-48-43(35(59)29(18-75-48)86-89(70,71)72)85-49-44(84-45-36(60)32(56)26(55)17-74-45)37(61)40(22(2)78-49)82-47-39(63)42(34(58)28(80-47)20-77-88(67,68)69)83-46-38(62)41(73-8)33(57)27(79-46)19-76-87(64,65)66/h9,22-24,26-49,55-63H,10-20H2,1-8H3,(H,64,65,66)(H,67,68,69)(H,70,71,72)/p-3/t22-,23-,24-,26-,27-,28-,29-,30+,31+,32+,33-,34-,35+,36-,37+,38-,39-,40-,41+,42+,43-,44-,45+,46+,47+,48+,49+,51-,52-,53+/m1/s1. The van der Waals surface area contributed by atoms with E-state index in [0.29, 0.717) is 19.3 Å². The van der Waals surface area contributed by atoms with Crippen molar-refractivity contribution in [2.45, 2.75) is 241 Å². The number of aliphatic hydroxyl groups is 9. The van der Waals surface area contributed by atoms with Gasteiger partial charge in [0.05, 0.1) is 38.6 Å². The number of methoxy groups -OCH3 is 1. The van der Waals surface area contributed by atoms with Crippen LogP contribution in [0.4, 0.5) is 0 Å². The molecule has 30 atom stereocenters. The van der Waals surface area contributed by atoms with Crippen molar-refractivity contribution in [3.8, 4) is 0 Å². The molecule has 9 rings (SSSR count). The second-order valence-electron chi connectivity index (χ2n) is 26.2. The average molecular weight is 1340 g/mol. The largest absolute Gasteiger partial charge is 0.726 e. The lowest BCUT2D eigenvalue weighted by Crippen LogP contribution is -2.68. The van der Waals surface area contributed by atoms with Gasteiger partial charge in [0.25, 0.3) is 0 Å². The molecule has 0 aromatic heterocycles. The van der Waals surface area contributed by atoms with Gasteiger partial charge in [-0.05, 0) is 92.3 Å². The molecule has 0 amide bonds. The molecule has 9 aliphatic rings. The summed E-state index contributed by atoms with van der Waals surface area (Å²) in [5, 5.41) is 102. The van der Waals surface area contributed by atoms with Crippen LogP contribution in [0.5, 0.6) is 0 Å². The van der Waals surface area contributed by atoms with Gasteiger partial charge in [0, 0.05) is 13.0 Å². The number of fused-ring (bicyclic) bond motifs is 5. The van der Waals surface area contributed by atoms with Crippen molar-refractivity contribution in [2.75, 3.05) is 33.5 Å². The number of hydrogen-bond donors (Lipinski definition) is 9. The van der Waals surface area contributed by atoms with Gasteiger partial charge in [-0.2, -0.15) is 0 Å². The number of aliphatic hydroxyl groups excluding tert-OH is 9. The maximum atomic E-state index is 13.0. The summed E-state index contributed by atoms with van der Waals surface area (Å²) in [4.78, 5) is 13.0. The van der Waals surface area contributed by atoms with Gasteiger partial charge in [-0.15, -0.1) is 0 Å². The molecule has 0 radical (unpaired) electrons. The summed E-state index contributed by atoms with van der Waals surface area (Å²) in [5.41, 5.74) is 0.0763. The molecule has 36 heteroatoms. The maximum Gasteiger partial charge on any atom is 0.218 e. The van der Waals surface area contributed by atoms with Crippen LogP contribution in [0, 0.1) is 39.4 Å². The fraction of sp³-hybridized carbons (Fsp3) is 0.943. The van der Waals surface area contributed by atoms with Gasteiger partial charge in [0.1, 0.15) is 110 Å². The van der Waals surface area contributed by atoms with Gasteiger partial charge in [0.15, 0.2) is 31.5 Å². The van der Waals surface area contributed by atoms with Crippen LogP contribution in [0.3, 0.4) is 0 Å². The Balaban J connectivity index is 0.996. The van der Waals surface area contributed by atoms with Crippen LogP contribution in [0.15, 0.2) is 11.6 Å². The SMILES string of the molecule is CO[C@@H]1[C@@H](O)[C@H](O[C@@H]2[C@@H](O)[C@H](O[C@H]3[C@H](O)[C@@H](O[C@@H]4OC[C@@H](O)[C@H](O)[C@H]4O)[C@H](O[C@H]4[C@H](O[C@H]5CC[C@]6(C)[C@@H]7CC[C@]8(C)[C@@H](C(C)=O)CC[C@@]8(C)C7=CC[C@H]6C5(C)C)OC[C@@H](OS(=O)(=O)[O-])[C@@H]4O)O[C@@H]3C)O[C@H](COS(=O)(=O)[O-])[C@H]2O)O[C@H](COS(=O)(=O)[O-])[C@H]1O. The van der Waals surface area contributed by atoms with Crippen molar-refractivity contribution in [2.24, 2.45) is 39.4 Å². The lowest BCUT2D eigenvalue weighted by Gasteiger charge is -2.64. The minimum atomic E-state index is -5.56. The van der Waals surface area contributed by atoms with Crippen LogP contribution in [0.25, 0.3) is 0 Å². The minimum Gasteiger partial charge on any atom is -0.726 e. The summed E-state index contributed by atoms with van der Waals surface area (Å²) in [6.07, 6.45) is -39.1. The van der Waals surface area contributed by atoms with Crippen molar-refractivity contribution < 1.29 is 154 Å². The minimum absolute atomic E-state index is 0.00676. The van der Waals surface area contributed by atoms with E-state index in [1.54, 1.807) is 6.92 Å². The summed E-state index contributed by atoms with van der Waals surface area (Å²) >= 11 is 0. The van der Waals surface area contributed by atoms with Crippen molar-refractivity contribution in [1.29, 1.82) is 0 Å². The monoisotopic (exact) mass is 1340 g/mol. The van der Waals surface area contributed by atoms with E-state index in [1.165, 1.54) is 12.5 Å². The van der Waals surface area contributed by atoms with E-state index < -0.39 is 210 Å². The predicted octanol–water partition coefficient (Wildman–Crippen LogP) is -3.92. The maximum absolute atomic E-state index is 13.0. The third kappa shape index (κ3) is 14.2. The first-order valence-corrected chi connectivity index (χ1v) is 33.4. The Kier molecular flexibility index (Phi) is 21.4. The van der Waals surface area contributed by atoms with Crippen molar-refractivity contribution in [1.82, 2.24) is 0 Å². The van der Waals surface area contributed by atoms with Crippen LogP contribution in [-0.4, -0.2) is 272 Å². The first-order chi connectivity index (χ1) is 41.2. The molecule has 0 unspecified atom stereocenters. The number of hydrogen-bond acceptors (Lipinski definition) is 33. The molecule has 0 spiro atoms. The molecule has 5 saturated heterocycles. The molecule has 4 aliphatic carbocycles. The molecule has 8 fully saturated rings. The van der Waals surface area contributed by atoms with Crippen LogP contribution in [0.2, 0.25) is 0 Å². The van der Waals surface area contributed by atoms with Gasteiger partial charge in [0.2, 0.25) is 31.2 Å². The third-order valence-corrected chi connectivity index (χ3v) is 22.2. The lowest BCUT2D eigenvalue weighted by molar-refractivity contribution is -0.403. The average Bonchev–Trinajstić information content (AvgIpc) is 1.68. The smallest absolute Gasteiger partial charge is 0.218 e. The zero-order chi connectivity index (χ0) is 65.6. The third-order valence-electron chi connectivity index (χ3n) is 20.9. The fourth-order valence-corrected chi connectivity index (χ4v) is 17.1. The van der Waals surface area contributed by atoms with Gasteiger partial charge in [-0.3, -0.25) is 17.3 Å². The van der Waals surface area contributed by atoms with E-state index >= 15 is 0 Å². The highest BCUT2D eigenvalue weighted by Crippen LogP contribution is 2.73. The zero-order valence-electron chi connectivity index (χ0n) is 50.0. The molecule has 89 heavy (non-hydrogen) atoms.